The van der Waals surface area contributed by atoms with E-state index in [1.807, 2.05) is 0 Å². The first-order valence-corrected chi connectivity index (χ1v) is 8.06. The third-order valence-electron chi connectivity index (χ3n) is 2.43. The lowest BCUT2D eigenvalue weighted by Crippen LogP contribution is -2.30. The van der Waals surface area contributed by atoms with Gasteiger partial charge in [-0.3, -0.25) is 5.43 Å². The van der Waals surface area contributed by atoms with Gasteiger partial charge in [0, 0.05) is 21.4 Å². The van der Waals surface area contributed by atoms with Crippen LogP contribution in [0.4, 0.5) is 5.95 Å². The van der Waals surface area contributed by atoms with Crippen molar-refractivity contribution in [2.24, 2.45) is 0 Å². The highest BCUT2D eigenvalue weighted by atomic mass is 35.5. The first-order valence-electron chi connectivity index (χ1n) is 5.82. The van der Waals surface area contributed by atoms with E-state index < -0.39 is 10.0 Å². The Bertz CT molecular complexity index is 740. The Morgan fingerprint density at radius 1 is 0.952 bits per heavy atom. The van der Waals surface area contributed by atoms with Crippen molar-refractivity contribution >= 4 is 39.2 Å². The molecule has 0 radical (unpaired) electrons. The van der Waals surface area contributed by atoms with Crippen LogP contribution in [-0.2, 0) is 10.0 Å². The minimum atomic E-state index is -3.84. The van der Waals surface area contributed by atoms with E-state index in [-0.39, 0.29) is 20.9 Å². The second kappa shape index (κ2) is 6.15. The summed E-state index contributed by atoms with van der Waals surface area (Å²) in [6, 6.07) is 5.80. The van der Waals surface area contributed by atoms with E-state index in [1.165, 1.54) is 18.2 Å². The number of nitrogens with one attached hydrogen (secondary N) is 2. The van der Waals surface area contributed by atoms with Crippen molar-refractivity contribution in [3.63, 3.8) is 0 Å². The number of aromatic nitrogens is 2. The van der Waals surface area contributed by atoms with Gasteiger partial charge in [0.15, 0.2) is 0 Å². The van der Waals surface area contributed by atoms with Gasteiger partial charge in [0.05, 0.1) is 4.90 Å². The molecule has 0 atom stereocenters. The van der Waals surface area contributed by atoms with Crippen molar-refractivity contribution in [2.75, 3.05) is 5.43 Å². The molecule has 0 fully saturated rings. The molecule has 0 saturated carbocycles. The van der Waals surface area contributed by atoms with Crippen molar-refractivity contribution in [2.45, 2.75) is 18.7 Å². The Hall–Kier alpha value is -1.41. The first kappa shape index (κ1) is 16.0. The van der Waals surface area contributed by atoms with Crippen molar-refractivity contribution in [1.29, 1.82) is 0 Å². The van der Waals surface area contributed by atoms with Crippen LogP contribution in [0.5, 0.6) is 0 Å². The molecule has 9 heteroatoms. The number of anilines is 1. The van der Waals surface area contributed by atoms with E-state index in [9.17, 15) is 8.42 Å². The Morgan fingerprint density at radius 2 is 1.48 bits per heavy atom. The molecule has 112 valence electrons. The standard InChI is InChI=1S/C12H12Cl2N4O2S/c1-7-3-8(2)16-12(15-7)17-18-21(19,20)11-5-9(13)4-10(14)6-11/h3-6,18H,1-2H3,(H,15,16,17). The minimum absolute atomic E-state index is 0.0584. The minimum Gasteiger partial charge on any atom is -0.276 e. The zero-order chi connectivity index (χ0) is 15.6. The van der Waals surface area contributed by atoms with E-state index in [4.69, 9.17) is 23.2 Å². The average molecular weight is 347 g/mol. The van der Waals surface area contributed by atoms with Crippen molar-refractivity contribution in [3.05, 3.63) is 45.7 Å². The molecular formula is C12H12Cl2N4O2S. The predicted octanol–water partition coefficient (Wildman–Crippen LogP) is 2.71. The van der Waals surface area contributed by atoms with Crippen LogP contribution in [-0.4, -0.2) is 18.4 Å². The highest BCUT2D eigenvalue weighted by Crippen LogP contribution is 2.22. The molecule has 2 rings (SSSR count). The lowest BCUT2D eigenvalue weighted by molar-refractivity contribution is 0.587. The van der Waals surface area contributed by atoms with Crippen LogP contribution in [0.15, 0.2) is 29.2 Å². The van der Waals surface area contributed by atoms with E-state index >= 15 is 0 Å². The molecule has 0 amide bonds. The lowest BCUT2D eigenvalue weighted by Gasteiger charge is -2.09. The second-order valence-corrected chi connectivity index (χ2v) is 6.87. The number of hydrogen-bond acceptors (Lipinski definition) is 5. The van der Waals surface area contributed by atoms with E-state index in [0.29, 0.717) is 0 Å². The van der Waals surface area contributed by atoms with Gasteiger partial charge in [0.1, 0.15) is 0 Å². The Morgan fingerprint density at radius 3 is 2.00 bits per heavy atom. The summed E-state index contributed by atoms with van der Waals surface area (Å²) in [5, 5.41) is 0.455. The fraction of sp³-hybridized carbons (Fsp3) is 0.167. The summed E-state index contributed by atoms with van der Waals surface area (Å²) in [6.07, 6.45) is 0. The highest BCUT2D eigenvalue weighted by molar-refractivity contribution is 7.89. The summed E-state index contributed by atoms with van der Waals surface area (Å²) < 4.78 is 24.3. The van der Waals surface area contributed by atoms with Crippen molar-refractivity contribution in [1.82, 2.24) is 14.8 Å². The van der Waals surface area contributed by atoms with Crippen LogP contribution < -0.4 is 10.3 Å². The molecule has 0 bridgehead atoms. The number of benzene rings is 1. The molecule has 0 aliphatic rings. The van der Waals surface area contributed by atoms with Gasteiger partial charge in [-0.15, -0.1) is 4.83 Å². The predicted molar refractivity (Wildman–Crippen MR) is 81.9 cm³/mol. The molecule has 0 spiro atoms. The summed E-state index contributed by atoms with van der Waals surface area (Å²) in [5.41, 5.74) is 3.89. The maximum atomic E-state index is 12.1. The molecule has 0 aliphatic carbocycles. The van der Waals surface area contributed by atoms with Crippen LogP contribution >= 0.6 is 23.2 Å². The molecule has 2 N–H and O–H groups in total. The van der Waals surface area contributed by atoms with Gasteiger partial charge in [-0.05, 0) is 38.1 Å². The van der Waals surface area contributed by atoms with Gasteiger partial charge in [-0.2, -0.15) is 0 Å². The quantitative estimate of drug-likeness (QED) is 0.831. The van der Waals surface area contributed by atoms with Gasteiger partial charge in [0.25, 0.3) is 10.0 Å². The van der Waals surface area contributed by atoms with Crippen LogP contribution in [0.25, 0.3) is 0 Å². The maximum absolute atomic E-state index is 12.1. The summed E-state index contributed by atoms with van der Waals surface area (Å²) >= 11 is 11.6. The molecule has 1 aromatic carbocycles. The summed E-state index contributed by atoms with van der Waals surface area (Å²) in [6.45, 7) is 3.57. The normalized spacial score (nSPS) is 11.4. The Labute approximate surface area is 132 Å². The third-order valence-corrected chi connectivity index (χ3v) is 4.09. The summed E-state index contributed by atoms with van der Waals surface area (Å²) in [4.78, 5) is 10.3. The number of hydrazine groups is 1. The molecule has 0 saturated heterocycles. The van der Waals surface area contributed by atoms with Crippen LogP contribution in [0.1, 0.15) is 11.4 Å². The molecular weight excluding hydrogens is 335 g/mol. The zero-order valence-electron chi connectivity index (χ0n) is 11.2. The van der Waals surface area contributed by atoms with Crippen molar-refractivity contribution in [3.8, 4) is 0 Å². The lowest BCUT2D eigenvalue weighted by atomic mass is 10.4. The fourth-order valence-corrected chi connectivity index (χ4v) is 3.20. The number of hydrogen-bond donors (Lipinski definition) is 2. The SMILES string of the molecule is Cc1cc(C)nc(NNS(=O)(=O)c2cc(Cl)cc(Cl)c2)n1. The van der Waals surface area contributed by atoms with Gasteiger partial charge < -0.3 is 0 Å². The smallest absolute Gasteiger partial charge is 0.257 e. The van der Waals surface area contributed by atoms with Gasteiger partial charge in [-0.1, -0.05) is 23.2 Å². The fourth-order valence-electron chi connectivity index (χ4n) is 1.64. The van der Waals surface area contributed by atoms with Crippen LogP contribution in [0.3, 0.4) is 0 Å². The first-order chi connectivity index (χ1) is 9.76. The Balaban J connectivity index is 2.21. The molecule has 1 aromatic heterocycles. The van der Waals surface area contributed by atoms with E-state index in [2.05, 4.69) is 20.2 Å². The highest BCUT2D eigenvalue weighted by Gasteiger charge is 2.16. The van der Waals surface area contributed by atoms with Crippen LogP contribution in [0.2, 0.25) is 10.0 Å². The molecule has 1 heterocycles. The van der Waals surface area contributed by atoms with Crippen molar-refractivity contribution < 1.29 is 8.42 Å². The molecule has 2 aromatic rings. The zero-order valence-corrected chi connectivity index (χ0v) is 13.5. The number of halogens is 2. The van der Waals surface area contributed by atoms with Crippen LogP contribution in [0, 0.1) is 13.8 Å². The summed E-state index contributed by atoms with van der Waals surface area (Å²) in [5.74, 6) is 0.157. The topological polar surface area (TPSA) is 84.0 Å². The number of sulfonamides is 1. The maximum Gasteiger partial charge on any atom is 0.257 e. The van der Waals surface area contributed by atoms with Gasteiger partial charge >= 0.3 is 0 Å². The number of nitrogens with zero attached hydrogens (tertiary/aromatic N) is 2. The number of aryl methyl sites for hydroxylation is 2. The van der Waals surface area contributed by atoms with E-state index in [1.54, 1.807) is 19.9 Å². The molecule has 21 heavy (non-hydrogen) atoms. The Kier molecular flexibility index (Phi) is 4.67. The largest absolute Gasteiger partial charge is 0.276 e. The van der Waals surface area contributed by atoms with Gasteiger partial charge in [0.2, 0.25) is 5.95 Å². The molecule has 6 nitrogen and oxygen atoms in total. The van der Waals surface area contributed by atoms with E-state index in [0.717, 1.165) is 11.4 Å². The number of rotatable bonds is 4. The summed E-state index contributed by atoms with van der Waals surface area (Å²) in [7, 11) is -3.84. The third kappa shape index (κ3) is 4.28. The van der Waals surface area contributed by atoms with Gasteiger partial charge in [-0.25, -0.2) is 18.4 Å². The average Bonchev–Trinajstić information content (AvgIpc) is 2.34. The second-order valence-electron chi connectivity index (χ2n) is 4.31. The molecule has 0 aliphatic heterocycles. The molecule has 0 unspecified atom stereocenters. The monoisotopic (exact) mass is 346 g/mol.